The van der Waals surface area contributed by atoms with Crippen LogP contribution >= 0.6 is 0 Å². The summed E-state index contributed by atoms with van der Waals surface area (Å²) in [5.41, 5.74) is 4.59. The largest absolute Gasteiger partial charge is 0.466 e. The number of para-hydroxylation sites is 1. The maximum absolute atomic E-state index is 12.3. The van der Waals surface area contributed by atoms with Gasteiger partial charge in [0, 0.05) is 48.4 Å². The number of nitrogens with zero attached hydrogens (tertiary/aromatic N) is 3. The third-order valence-electron chi connectivity index (χ3n) is 4.79. The third-order valence-corrected chi connectivity index (χ3v) is 4.79. The molecule has 0 fully saturated rings. The summed E-state index contributed by atoms with van der Waals surface area (Å²) in [6.07, 6.45) is 5.40. The van der Waals surface area contributed by atoms with E-state index in [0.29, 0.717) is 13.1 Å². The second-order valence-corrected chi connectivity index (χ2v) is 6.99. The van der Waals surface area contributed by atoms with Gasteiger partial charge in [0.2, 0.25) is 0 Å². The number of hydrogen-bond donors (Lipinski definition) is 2. The summed E-state index contributed by atoms with van der Waals surface area (Å²) in [5, 5.41) is 10.5. The summed E-state index contributed by atoms with van der Waals surface area (Å²) in [5.74, 6) is 1.65. The van der Waals surface area contributed by atoms with Gasteiger partial charge in [-0.2, -0.15) is 5.10 Å². The maximum Gasteiger partial charge on any atom is 0.315 e. The van der Waals surface area contributed by atoms with Gasteiger partial charge in [0.05, 0.1) is 11.4 Å². The molecule has 0 atom stereocenters. The fourth-order valence-corrected chi connectivity index (χ4v) is 3.28. The minimum Gasteiger partial charge on any atom is -0.466 e. The first-order chi connectivity index (χ1) is 14.6. The van der Waals surface area contributed by atoms with Crippen molar-refractivity contribution in [3.8, 4) is 16.9 Å². The van der Waals surface area contributed by atoms with Crippen LogP contribution in [0.2, 0.25) is 0 Å². The molecule has 0 unspecified atom stereocenters. The highest BCUT2D eigenvalue weighted by Gasteiger charge is 2.14. The number of rotatable bonds is 6. The first kappa shape index (κ1) is 19.4. The van der Waals surface area contributed by atoms with Gasteiger partial charge in [0.15, 0.2) is 0 Å². The summed E-state index contributed by atoms with van der Waals surface area (Å²) >= 11 is 0. The fraction of sp³-hybridized carbons (Fsp3) is 0.174. The number of benzene rings is 1. The quantitative estimate of drug-likeness (QED) is 0.508. The zero-order chi connectivity index (χ0) is 20.9. The Morgan fingerprint density at radius 2 is 1.70 bits per heavy atom. The van der Waals surface area contributed by atoms with E-state index in [1.54, 1.807) is 12.4 Å². The van der Waals surface area contributed by atoms with Gasteiger partial charge in [0.1, 0.15) is 11.5 Å². The number of furan rings is 1. The first-order valence-electron chi connectivity index (χ1n) is 9.72. The molecule has 0 spiro atoms. The lowest BCUT2D eigenvalue weighted by Crippen LogP contribution is -2.34. The summed E-state index contributed by atoms with van der Waals surface area (Å²) in [4.78, 5) is 16.4. The Balaban J connectivity index is 1.49. The van der Waals surface area contributed by atoms with Gasteiger partial charge in [-0.25, -0.2) is 9.48 Å². The number of aryl methyl sites for hydroxylation is 2. The lowest BCUT2D eigenvalue weighted by molar-refractivity contribution is 0.240. The topological polar surface area (TPSA) is 85.0 Å². The second-order valence-electron chi connectivity index (χ2n) is 6.99. The van der Waals surface area contributed by atoms with E-state index in [-0.39, 0.29) is 6.03 Å². The third kappa shape index (κ3) is 4.41. The monoisotopic (exact) mass is 401 g/mol. The average Bonchev–Trinajstić information content (AvgIpc) is 3.34. The number of amides is 2. The Labute approximate surface area is 174 Å². The Hall–Kier alpha value is -3.87. The molecule has 0 saturated heterocycles. The van der Waals surface area contributed by atoms with Crippen molar-refractivity contribution in [1.29, 1.82) is 0 Å². The SMILES string of the molecule is Cc1cc(CNC(=O)NCc2cn(-c3ccccc3)nc2-c2ccncc2)c(C)o1. The number of pyridine rings is 1. The molecule has 7 heteroatoms. The molecule has 7 nitrogen and oxygen atoms in total. The molecule has 0 saturated carbocycles. The zero-order valence-corrected chi connectivity index (χ0v) is 16.9. The molecule has 4 aromatic rings. The lowest BCUT2D eigenvalue weighted by Gasteiger charge is -2.07. The van der Waals surface area contributed by atoms with Crippen LogP contribution in [0.1, 0.15) is 22.6 Å². The highest BCUT2D eigenvalue weighted by molar-refractivity contribution is 5.74. The van der Waals surface area contributed by atoms with Gasteiger partial charge in [0.25, 0.3) is 0 Å². The van der Waals surface area contributed by atoms with Gasteiger partial charge >= 0.3 is 6.03 Å². The van der Waals surface area contributed by atoms with E-state index in [1.807, 2.05) is 73.3 Å². The summed E-state index contributed by atoms with van der Waals surface area (Å²) < 4.78 is 7.32. The predicted molar refractivity (Wildman–Crippen MR) is 114 cm³/mol. The minimum atomic E-state index is -0.249. The standard InChI is InChI=1S/C23H23N5O2/c1-16-12-19(17(2)30-16)13-25-23(29)26-14-20-15-28(21-6-4-3-5-7-21)27-22(20)18-8-10-24-11-9-18/h3-12,15H,13-14H2,1-2H3,(H2,25,26,29). The van der Waals surface area contributed by atoms with E-state index in [1.165, 1.54) is 0 Å². The molecule has 3 heterocycles. The molecule has 0 bridgehead atoms. The Bertz CT molecular complexity index is 1130. The van der Waals surface area contributed by atoms with Gasteiger partial charge in [-0.05, 0) is 44.2 Å². The van der Waals surface area contributed by atoms with E-state index in [0.717, 1.165) is 39.6 Å². The molecule has 4 rings (SSSR count). The number of urea groups is 1. The van der Waals surface area contributed by atoms with Crippen molar-refractivity contribution in [2.24, 2.45) is 0 Å². The number of carbonyl (C=O) groups is 1. The van der Waals surface area contributed by atoms with Crippen molar-refractivity contribution in [2.45, 2.75) is 26.9 Å². The number of carbonyl (C=O) groups excluding carboxylic acids is 1. The van der Waals surface area contributed by atoms with E-state index in [9.17, 15) is 4.79 Å². The summed E-state index contributed by atoms with van der Waals surface area (Å²) in [6, 6.07) is 15.4. The molecule has 30 heavy (non-hydrogen) atoms. The Morgan fingerprint density at radius 1 is 1.00 bits per heavy atom. The molecule has 0 aliphatic carbocycles. The minimum absolute atomic E-state index is 0.249. The van der Waals surface area contributed by atoms with Crippen LogP contribution in [0, 0.1) is 13.8 Å². The average molecular weight is 401 g/mol. The van der Waals surface area contributed by atoms with E-state index < -0.39 is 0 Å². The molecule has 1 aromatic carbocycles. The van der Waals surface area contributed by atoms with Crippen LogP contribution in [0.4, 0.5) is 4.79 Å². The van der Waals surface area contributed by atoms with Gasteiger partial charge in [-0.3, -0.25) is 4.98 Å². The predicted octanol–water partition coefficient (Wildman–Crippen LogP) is 4.14. The highest BCUT2D eigenvalue weighted by Crippen LogP contribution is 2.23. The molecule has 0 aliphatic heterocycles. The van der Waals surface area contributed by atoms with Crippen LogP contribution in [0.25, 0.3) is 16.9 Å². The van der Waals surface area contributed by atoms with E-state index >= 15 is 0 Å². The Kier molecular flexibility index (Phi) is 5.61. The molecular formula is C23H23N5O2. The number of nitrogens with one attached hydrogen (secondary N) is 2. The molecular weight excluding hydrogens is 378 g/mol. The van der Waals surface area contributed by atoms with Gasteiger partial charge < -0.3 is 15.1 Å². The number of hydrogen-bond acceptors (Lipinski definition) is 4. The van der Waals surface area contributed by atoms with Crippen molar-refractivity contribution in [2.75, 3.05) is 0 Å². The van der Waals surface area contributed by atoms with Crippen molar-refractivity contribution < 1.29 is 9.21 Å². The van der Waals surface area contributed by atoms with E-state index in [2.05, 4.69) is 15.6 Å². The molecule has 0 radical (unpaired) electrons. The molecule has 152 valence electrons. The Morgan fingerprint density at radius 3 is 2.37 bits per heavy atom. The molecule has 2 N–H and O–H groups in total. The van der Waals surface area contributed by atoms with Crippen LogP contribution in [-0.4, -0.2) is 20.8 Å². The highest BCUT2D eigenvalue weighted by atomic mass is 16.3. The lowest BCUT2D eigenvalue weighted by atomic mass is 10.1. The zero-order valence-electron chi connectivity index (χ0n) is 16.9. The van der Waals surface area contributed by atoms with Crippen molar-refractivity contribution in [1.82, 2.24) is 25.4 Å². The number of aromatic nitrogens is 3. The van der Waals surface area contributed by atoms with Gasteiger partial charge in [-0.15, -0.1) is 0 Å². The second kappa shape index (κ2) is 8.65. The smallest absolute Gasteiger partial charge is 0.315 e. The van der Waals surface area contributed by atoms with Crippen molar-refractivity contribution in [3.63, 3.8) is 0 Å². The van der Waals surface area contributed by atoms with Crippen LogP contribution in [-0.2, 0) is 13.1 Å². The summed E-state index contributed by atoms with van der Waals surface area (Å²) in [6.45, 7) is 4.54. The van der Waals surface area contributed by atoms with Crippen LogP contribution < -0.4 is 10.6 Å². The van der Waals surface area contributed by atoms with E-state index in [4.69, 9.17) is 9.52 Å². The van der Waals surface area contributed by atoms with Crippen LogP contribution in [0.5, 0.6) is 0 Å². The van der Waals surface area contributed by atoms with Crippen LogP contribution in [0.15, 0.2) is 71.5 Å². The molecule has 0 aliphatic rings. The van der Waals surface area contributed by atoms with Crippen molar-refractivity contribution >= 4 is 6.03 Å². The summed E-state index contributed by atoms with van der Waals surface area (Å²) in [7, 11) is 0. The van der Waals surface area contributed by atoms with Gasteiger partial charge in [-0.1, -0.05) is 18.2 Å². The normalized spacial score (nSPS) is 10.7. The van der Waals surface area contributed by atoms with Crippen LogP contribution in [0.3, 0.4) is 0 Å². The molecule has 3 aromatic heterocycles. The first-order valence-corrected chi connectivity index (χ1v) is 9.72. The maximum atomic E-state index is 12.3. The fourth-order valence-electron chi connectivity index (χ4n) is 3.28. The van der Waals surface area contributed by atoms with Crippen molar-refractivity contribution in [3.05, 3.63) is 89.8 Å². The molecule has 2 amide bonds.